The zero-order chi connectivity index (χ0) is 20.5. The van der Waals surface area contributed by atoms with Crippen LogP contribution in [0.5, 0.6) is 0 Å². The van der Waals surface area contributed by atoms with E-state index in [0.29, 0.717) is 17.0 Å². The van der Waals surface area contributed by atoms with Gasteiger partial charge in [-0.25, -0.2) is 22.5 Å². The lowest BCUT2D eigenvalue weighted by atomic mass is 10.3. The molecular formula is C15H18FN5O5S2. The molecule has 1 fully saturated rings. The lowest BCUT2D eigenvalue weighted by Gasteiger charge is -2.38. The van der Waals surface area contributed by atoms with Gasteiger partial charge in [-0.05, 0) is 42.6 Å². The molecule has 0 radical (unpaired) electrons. The molecule has 1 aromatic carbocycles. The summed E-state index contributed by atoms with van der Waals surface area (Å²) in [6, 6.07) is 5.04. The molecule has 2 heterocycles. The van der Waals surface area contributed by atoms with Crippen LogP contribution in [0.15, 0.2) is 28.6 Å². The summed E-state index contributed by atoms with van der Waals surface area (Å²) in [5, 5.41) is 23.0. The van der Waals surface area contributed by atoms with E-state index in [1.807, 2.05) is 0 Å². The minimum atomic E-state index is -3.60. The molecule has 0 bridgehead atoms. The maximum Gasteiger partial charge on any atom is 0.416 e. The topological polar surface area (TPSA) is 125 Å². The average Bonchev–Trinajstić information content (AvgIpc) is 3.24. The molecule has 3 rings (SSSR count). The SMILES string of the molecule is CCS(=O)(=O)c1nnc([N+]2([O-])CN(C)CC2OC(=O)Nc2ccc(F)cc2)s1. The fraction of sp³-hybridized carbons (Fsp3) is 0.400. The predicted molar refractivity (Wildman–Crippen MR) is 101 cm³/mol. The van der Waals surface area contributed by atoms with Gasteiger partial charge < -0.3 is 9.94 Å². The lowest BCUT2D eigenvalue weighted by Crippen LogP contribution is -2.51. The fourth-order valence-electron chi connectivity index (χ4n) is 2.62. The molecule has 1 N–H and O–H groups in total. The van der Waals surface area contributed by atoms with Crippen LogP contribution in [-0.4, -0.2) is 61.9 Å². The highest BCUT2D eigenvalue weighted by atomic mass is 32.2. The number of halogens is 1. The molecule has 1 saturated heterocycles. The summed E-state index contributed by atoms with van der Waals surface area (Å²) in [6.45, 7) is 1.50. The van der Waals surface area contributed by atoms with Gasteiger partial charge in [0, 0.05) is 5.69 Å². The lowest BCUT2D eigenvalue weighted by molar-refractivity contribution is 0.0553. The predicted octanol–water partition coefficient (Wildman–Crippen LogP) is 1.75. The Balaban J connectivity index is 1.78. The van der Waals surface area contributed by atoms with Crippen LogP contribution in [0.1, 0.15) is 6.92 Å². The molecule has 10 nitrogen and oxygen atoms in total. The summed E-state index contributed by atoms with van der Waals surface area (Å²) in [5.41, 5.74) is 0.300. The van der Waals surface area contributed by atoms with Gasteiger partial charge in [-0.3, -0.25) is 9.96 Å². The van der Waals surface area contributed by atoms with E-state index >= 15 is 0 Å². The third-order valence-electron chi connectivity index (χ3n) is 4.08. The van der Waals surface area contributed by atoms with Crippen molar-refractivity contribution in [2.24, 2.45) is 0 Å². The summed E-state index contributed by atoms with van der Waals surface area (Å²) in [4.78, 5) is 13.8. The van der Waals surface area contributed by atoms with Crippen molar-refractivity contribution in [3.63, 3.8) is 0 Å². The number of aromatic nitrogens is 2. The quantitative estimate of drug-likeness (QED) is 0.561. The summed E-state index contributed by atoms with van der Waals surface area (Å²) in [6.07, 6.45) is -2.06. The Morgan fingerprint density at radius 3 is 2.75 bits per heavy atom. The first-order chi connectivity index (χ1) is 13.1. The van der Waals surface area contributed by atoms with Crippen LogP contribution in [-0.2, 0) is 14.6 Å². The number of likely N-dealkylation sites (N-methyl/N-ethyl adjacent to an activating group) is 1. The van der Waals surface area contributed by atoms with Gasteiger partial charge in [0.05, 0.1) is 12.3 Å². The van der Waals surface area contributed by atoms with Crippen molar-refractivity contribution in [1.29, 1.82) is 0 Å². The number of sulfone groups is 1. The number of anilines is 1. The molecule has 0 spiro atoms. The van der Waals surface area contributed by atoms with Crippen molar-refractivity contribution in [3.05, 3.63) is 35.3 Å². The number of hydroxylamine groups is 2. The Labute approximate surface area is 164 Å². The smallest absolute Gasteiger partial charge is 0.416 e. The second-order valence-electron chi connectivity index (χ2n) is 6.22. The van der Waals surface area contributed by atoms with Gasteiger partial charge in [0.2, 0.25) is 14.2 Å². The highest BCUT2D eigenvalue weighted by Crippen LogP contribution is 2.35. The van der Waals surface area contributed by atoms with Gasteiger partial charge in [0.1, 0.15) is 12.5 Å². The van der Waals surface area contributed by atoms with Crippen molar-refractivity contribution in [2.75, 3.05) is 31.3 Å². The molecule has 28 heavy (non-hydrogen) atoms. The Bertz CT molecular complexity index is 967. The molecule has 1 aromatic heterocycles. The van der Waals surface area contributed by atoms with E-state index in [9.17, 15) is 22.8 Å². The zero-order valence-corrected chi connectivity index (χ0v) is 16.7. The van der Waals surface area contributed by atoms with Crippen LogP contribution in [0.4, 0.5) is 20.0 Å². The molecule has 1 amide bonds. The van der Waals surface area contributed by atoms with Gasteiger partial charge in [0.15, 0.2) is 0 Å². The van der Waals surface area contributed by atoms with Gasteiger partial charge in [-0.1, -0.05) is 12.0 Å². The highest BCUT2D eigenvalue weighted by molar-refractivity contribution is 7.93. The molecule has 13 heteroatoms. The summed E-state index contributed by atoms with van der Waals surface area (Å²) in [7, 11) is -1.94. The number of carbonyl (C=O) groups is 1. The first-order valence-corrected chi connectivity index (χ1v) is 10.7. The normalized spacial score (nSPS) is 22.9. The molecule has 2 atom stereocenters. The van der Waals surface area contributed by atoms with E-state index in [4.69, 9.17) is 4.74 Å². The van der Waals surface area contributed by atoms with E-state index in [0.717, 1.165) is 0 Å². The molecule has 0 saturated carbocycles. The number of hydrogen-bond acceptors (Lipinski definition) is 9. The van der Waals surface area contributed by atoms with Crippen molar-refractivity contribution >= 4 is 38.1 Å². The minimum Gasteiger partial charge on any atom is -0.622 e. The van der Waals surface area contributed by atoms with Crippen molar-refractivity contribution in [1.82, 2.24) is 19.7 Å². The van der Waals surface area contributed by atoms with Crippen molar-refractivity contribution < 1.29 is 22.3 Å². The summed E-state index contributed by atoms with van der Waals surface area (Å²) in [5.74, 6) is -0.624. The standard InChI is InChI=1S/C15H18FN5O5S2/c1-3-28(24,25)15-19-18-13(27-15)21(23)9-20(2)8-12(21)26-14(22)17-11-6-4-10(16)5-7-11/h4-7,12H,3,8-9H2,1-2H3,(H,17,22). The van der Waals surface area contributed by atoms with E-state index in [1.165, 1.54) is 31.2 Å². The number of hydrogen-bond donors (Lipinski definition) is 1. The Morgan fingerprint density at radius 1 is 1.43 bits per heavy atom. The third kappa shape index (κ3) is 4.12. The van der Waals surface area contributed by atoms with Crippen LogP contribution in [0.25, 0.3) is 0 Å². The summed E-state index contributed by atoms with van der Waals surface area (Å²) >= 11 is 0.668. The number of rotatable bonds is 5. The molecule has 1 aliphatic heterocycles. The molecule has 2 unspecified atom stereocenters. The van der Waals surface area contributed by atoms with Crippen LogP contribution in [0, 0.1) is 11.0 Å². The van der Waals surface area contributed by atoms with Crippen LogP contribution < -0.4 is 9.96 Å². The molecule has 152 valence electrons. The first kappa shape index (κ1) is 20.5. The number of nitrogens with one attached hydrogen (secondary N) is 1. The molecule has 0 aliphatic carbocycles. The van der Waals surface area contributed by atoms with E-state index in [1.54, 1.807) is 11.9 Å². The second kappa shape index (κ2) is 7.67. The van der Waals surface area contributed by atoms with E-state index in [2.05, 4.69) is 15.5 Å². The Kier molecular flexibility index (Phi) is 5.63. The van der Waals surface area contributed by atoms with Gasteiger partial charge in [-0.15, -0.1) is 5.10 Å². The minimum absolute atomic E-state index is 0.0880. The maximum absolute atomic E-state index is 13.4. The fourth-order valence-corrected chi connectivity index (χ4v) is 4.77. The highest BCUT2D eigenvalue weighted by Gasteiger charge is 2.46. The number of nitrogens with zero attached hydrogens (tertiary/aromatic N) is 4. The number of amides is 1. The van der Waals surface area contributed by atoms with Crippen LogP contribution in [0.3, 0.4) is 0 Å². The largest absolute Gasteiger partial charge is 0.622 e. The van der Waals surface area contributed by atoms with Gasteiger partial charge >= 0.3 is 11.2 Å². The van der Waals surface area contributed by atoms with Crippen molar-refractivity contribution in [2.45, 2.75) is 17.5 Å². The van der Waals surface area contributed by atoms with Crippen LogP contribution >= 0.6 is 11.3 Å². The first-order valence-electron chi connectivity index (χ1n) is 8.21. The Hall–Kier alpha value is -2.19. The Morgan fingerprint density at radius 2 is 2.11 bits per heavy atom. The second-order valence-corrected chi connectivity index (χ2v) is 9.63. The summed E-state index contributed by atoms with van der Waals surface area (Å²) < 4.78 is 40.7. The zero-order valence-electron chi connectivity index (χ0n) is 15.0. The number of quaternary nitrogens is 1. The number of carbonyl (C=O) groups excluding carboxylic acids is 1. The van der Waals surface area contributed by atoms with E-state index < -0.39 is 32.6 Å². The van der Waals surface area contributed by atoms with Crippen molar-refractivity contribution in [3.8, 4) is 0 Å². The van der Waals surface area contributed by atoms with Gasteiger partial charge in [-0.2, -0.15) is 0 Å². The monoisotopic (exact) mass is 431 g/mol. The molecule has 2 aromatic rings. The maximum atomic E-state index is 13.4. The molecular weight excluding hydrogens is 413 g/mol. The number of ether oxygens (including phenoxy) is 1. The van der Waals surface area contributed by atoms with E-state index in [-0.39, 0.29) is 28.4 Å². The van der Waals surface area contributed by atoms with Gasteiger partial charge in [0.25, 0.3) is 6.23 Å². The third-order valence-corrected chi connectivity index (χ3v) is 7.30. The van der Waals surface area contributed by atoms with Crippen LogP contribution in [0.2, 0.25) is 0 Å². The average molecular weight is 431 g/mol. The number of benzene rings is 1. The molecule has 1 aliphatic rings.